The van der Waals surface area contributed by atoms with Crippen LogP contribution in [0.3, 0.4) is 0 Å². The summed E-state index contributed by atoms with van der Waals surface area (Å²) >= 11 is 0. The van der Waals surface area contributed by atoms with E-state index in [-0.39, 0.29) is 28.8 Å². The van der Waals surface area contributed by atoms with E-state index in [1.807, 2.05) is 25.1 Å². The molecule has 0 atom stereocenters. The summed E-state index contributed by atoms with van der Waals surface area (Å²) in [6.07, 6.45) is 0. The quantitative estimate of drug-likeness (QED) is 0.573. The van der Waals surface area contributed by atoms with E-state index in [4.69, 9.17) is 0 Å². The smallest absolute Gasteiger partial charge is 0.337 e. The number of urea groups is 1. The molecule has 30 heavy (non-hydrogen) atoms. The van der Waals surface area contributed by atoms with Gasteiger partial charge in [-0.25, -0.2) is 9.59 Å². The summed E-state index contributed by atoms with van der Waals surface area (Å²) in [7, 11) is 0. The van der Waals surface area contributed by atoms with Crippen molar-refractivity contribution in [2.45, 2.75) is 46.6 Å². The number of hydrogen-bond acceptors (Lipinski definition) is 4. The Morgan fingerprint density at radius 2 is 1.63 bits per heavy atom. The minimum absolute atomic E-state index is 0.0281. The number of amides is 3. The Morgan fingerprint density at radius 3 is 2.23 bits per heavy atom. The van der Waals surface area contributed by atoms with Gasteiger partial charge in [0.15, 0.2) is 0 Å². The molecule has 7 nitrogen and oxygen atoms in total. The maximum Gasteiger partial charge on any atom is 0.337 e. The molecule has 0 saturated heterocycles. The molecule has 0 aliphatic heterocycles. The van der Waals surface area contributed by atoms with Gasteiger partial charge >= 0.3 is 12.0 Å². The first-order valence-electron chi connectivity index (χ1n) is 9.84. The third-order valence-corrected chi connectivity index (χ3v) is 4.76. The average molecular weight is 412 g/mol. The summed E-state index contributed by atoms with van der Waals surface area (Å²) in [5.41, 5.74) is 3.35. The molecule has 2 rings (SSSR count). The van der Waals surface area contributed by atoms with Gasteiger partial charge in [-0.2, -0.15) is 0 Å². The van der Waals surface area contributed by atoms with E-state index in [0.29, 0.717) is 6.54 Å². The lowest BCUT2D eigenvalue weighted by Crippen LogP contribution is -2.40. The van der Waals surface area contributed by atoms with Crippen LogP contribution in [0.2, 0.25) is 0 Å². The van der Waals surface area contributed by atoms with E-state index in [2.05, 4.69) is 36.7 Å². The molecule has 2 aromatic rings. The normalized spacial score (nSPS) is 11.0. The molecule has 0 spiro atoms. The molecule has 0 saturated carbocycles. The molecular formula is C23H29N3O4. The number of rotatable bonds is 6. The van der Waals surface area contributed by atoms with Crippen LogP contribution in [0.15, 0.2) is 36.4 Å². The van der Waals surface area contributed by atoms with Crippen LogP contribution >= 0.6 is 0 Å². The maximum absolute atomic E-state index is 12.6. The number of benzene rings is 2. The van der Waals surface area contributed by atoms with Crippen molar-refractivity contribution in [1.82, 2.24) is 10.6 Å². The first kappa shape index (κ1) is 22.9. The van der Waals surface area contributed by atoms with E-state index in [1.54, 1.807) is 6.92 Å². The van der Waals surface area contributed by atoms with Gasteiger partial charge in [-0.05, 0) is 48.1 Å². The summed E-state index contributed by atoms with van der Waals surface area (Å²) < 4.78 is 0. The summed E-state index contributed by atoms with van der Waals surface area (Å²) in [6.45, 7) is 10.8. The number of carboxylic acids is 1. The van der Waals surface area contributed by atoms with Crippen molar-refractivity contribution in [3.05, 3.63) is 64.2 Å². The number of nitrogens with one attached hydrogen (secondary N) is 3. The van der Waals surface area contributed by atoms with Crippen molar-refractivity contribution in [2.75, 3.05) is 11.9 Å². The number of carbonyl (C=O) groups is 3. The lowest BCUT2D eigenvalue weighted by Gasteiger charge is -2.24. The third kappa shape index (κ3) is 5.37. The minimum Gasteiger partial charge on any atom is -0.478 e. The number of carbonyl (C=O) groups excluding carboxylic acids is 2. The predicted molar refractivity (Wildman–Crippen MR) is 117 cm³/mol. The van der Waals surface area contributed by atoms with Gasteiger partial charge in [-0.15, -0.1) is 0 Å². The van der Waals surface area contributed by atoms with Crippen molar-refractivity contribution in [2.24, 2.45) is 0 Å². The van der Waals surface area contributed by atoms with Gasteiger partial charge in [-0.1, -0.05) is 45.0 Å². The second-order valence-electron chi connectivity index (χ2n) is 8.05. The Hall–Kier alpha value is -3.35. The zero-order chi connectivity index (χ0) is 22.5. The molecule has 0 aliphatic carbocycles. The molecule has 4 N–H and O–H groups in total. The largest absolute Gasteiger partial charge is 0.478 e. The van der Waals surface area contributed by atoms with Crippen molar-refractivity contribution in [1.29, 1.82) is 0 Å². The van der Waals surface area contributed by atoms with Gasteiger partial charge in [0, 0.05) is 13.1 Å². The van der Waals surface area contributed by atoms with Crippen molar-refractivity contribution >= 4 is 23.6 Å². The molecule has 7 heteroatoms. The van der Waals surface area contributed by atoms with E-state index in [1.165, 1.54) is 18.2 Å². The average Bonchev–Trinajstić information content (AvgIpc) is 2.66. The number of carboxylic acid groups (broad SMARTS) is 1. The lowest BCUT2D eigenvalue weighted by atomic mass is 9.82. The topological polar surface area (TPSA) is 108 Å². The second kappa shape index (κ2) is 9.43. The highest BCUT2D eigenvalue weighted by atomic mass is 16.4. The van der Waals surface area contributed by atoms with Crippen LogP contribution in [0, 0.1) is 6.92 Å². The number of anilines is 1. The van der Waals surface area contributed by atoms with Crippen LogP contribution in [0.5, 0.6) is 0 Å². The standard InChI is InChI=1S/C23H29N3O4/c1-6-24-19-15(10-8-11-16(19)21(28)29)20(27)26-22(30)25-13-17-14(2)9-7-12-18(17)23(3,4)5/h7-12,24H,6,13H2,1-5H3,(H,28,29)(H2,25,26,27,30). The summed E-state index contributed by atoms with van der Waals surface area (Å²) in [5.74, 6) is -1.83. The van der Waals surface area contributed by atoms with E-state index >= 15 is 0 Å². The Bertz CT molecular complexity index is 961. The van der Waals surface area contributed by atoms with Crippen LogP contribution in [0.4, 0.5) is 10.5 Å². The van der Waals surface area contributed by atoms with Crippen molar-refractivity contribution < 1.29 is 19.5 Å². The first-order valence-corrected chi connectivity index (χ1v) is 9.84. The molecular weight excluding hydrogens is 382 g/mol. The fourth-order valence-corrected chi connectivity index (χ4v) is 3.31. The van der Waals surface area contributed by atoms with E-state index in [0.717, 1.165) is 16.7 Å². The van der Waals surface area contributed by atoms with Gasteiger partial charge in [0.1, 0.15) is 0 Å². The lowest BCUT2D eigenvalue weighted by molar-refractivity contribution is 0.0698. The molecule has 3 amide bonds. The minimum atomic E-state index is -1.15. The van der Waals surface area contributed by atoms with Crippen LogP contribution in [-0.4, -0.2) is 29.6 Å². The summed E-state index contributed by atoms with van der Waals surface area (Å²) in [6, 6.07) is 9.71. The van der Waals surface area contributed by atoms with Gasteiger partial charge in [0.05, 0.1) is 16.8 Å². The van der Waals surface area contributed by atoms with Gasteiger partial charge in [-0.3, -0.25) is 10.1 Å². The molecule has 0 unspecified atom stereocenters. The molecule has 0 aliphatic rings. The fourth-order valence-electron chi connectivity index (χ4n) is 3.31. The van der Waals surface area contributed by atoms with Crippen molar-refractivity contribution in [3.8, 4) is 0 Å². The molecule has 0 heterocycles. The van der Waals surface area contributed by atoms with Crippen LogP contribution in [0.1, 0.15) is 65.1 Å². The Balaban J connectivity index is 2.17. The second-order valence-corrected chi connectivity index (χ2v) is 8.05. The van der Waals surface area contributed by atoms with Crippen molar-refractivity contribution in [3.63, 3.8) is 0 Å². The third-order valence-electron chi connectivity index (χ3n) is 4.76. The Labute approximate surface area is 176 Å². The van der Waals surface area contributed by atoms with Crippen LogP contribution in [0.25, 0.3) is 0 Å². The monoisotopic (exact) mass is 411 g/mol. The Kier molecular flexibility index (Phi) is 7.21. The number of imide groups is 1. The molecule has 160 valence electrons. The number of aromatic carboxylic acids is 1. The fraction of sp³-hybridized carbons (Fsp3) is 0.348. The van der Waals surface area contributed by atoms with E-state index < -0.39 is 17.9 Å². The van der Waals surface area contributed by atoms with Gasteiger partial charge in [0.2, 0.25) is 0 Å². The highest BCUT2D eigenvalue weighted by molar-refractivity contribution is 6.10. The predicted octanol–water partition coefficient (Wildman–Crippen LogP) is 4.06. The molecule has 0 bridgehead atoms. The zero-order valence-corrected chi connectivity index (χ0v) is 18.1. The van der Waals surface area contributed by atoms with Gasteiger partial charge < -0.3 is 15.7 Å². The maximum atomic E-state index is 12.6. The highest BCUT2D eigenvalue weighted by Gasteiger charge is 2.21. The zero-order valence-electron chi connectivity index (χ0n) is 18.1. The first-order chi connectivity index (χ1) is 14.1. The SMILES string of the molecule is CCNc1c(C(=O)O)cccc1C(=O)NC(=O)NCc1c(C)cccc1C(C)(C)C. The molecule has 0 fully saturated rings. The molecule has 0 radical (unpaired) electrons. The molecule has 0 aromatic heterocycles. The van der Waals surface area contributed by atoms with Crippen LogP contribution in [-0.2, 0) is 12.0 Å². The van der Waals surface area contributed by atoms with E-state index in [9.17, 15) is 19.5 Å². The summed E-state index contributed by atoms with van der Waals surface area (Å²) in [5, 5.41) is 17.3. The molecule has 2 aromatic carbocycles. The summed E-state index contributed by atoms with van der Waals surface area (Å²) in [4.78, 5) is 36.5. The number of aryl methyl sites for hydroxylation is 1. The number of hydrogen-bond donors (Lipinski definition) is 4. The van der Waals surface area contributed by atoms with Crippen LogP contribution < -0.4 is 16.0 Å². The highest BCUT2D eigenvalue weighted by Crippen LogP contribution is 2.27. The Morgan fingerprint density at radius 1 is 1.00 bits per heavy atom. The van der Waals surface area contributed by atoms with Gasteiger partial charge in [0.25, 0.3) is 5.91 Å². The number of para-hydroxylation sites is 1.